The molecule has 0 bridgehead atoms. The molecule has 30 heavy (non-hydrogen) atoms. The SMILES string of the molecule is CC(=O)Oc1ccc(C2NC(C)(C(=O)O)C3C(=O)N(C4CCCCC4)C(=O)C23)cc1. The van der Waals surface area contributed by atoms with Crippen molar-refractivity contribution in [3.63, 3.8) is 0 Å². The van der Waals surface area contributed by atoms with E-state index in [1.165, 1.54) is 18.7 Å². The molecule has 3 aliphatic rings. The molecular weight excluding hydrogens is 388 g/mol. The Labute approximate surface area is 174 Å². The van der Waals surface area contributed by atoms with E-state index in [1.54, 1.807) is 24.3 Å². The van der Waals surface area contributed by atoms with E-state index >= 15 is 0 Å². The summed E-state index contributed by atoms with van der Waals surface area (Å²) in [7, 11) is 0. The van der Waals surface area contributed by atoms with Crippen LogP contribution in [0.5, 0.6) is 5.75 Å². The Balaban J connectivity index is 1.69. The highest BCUT2D eigenvalue weighted by atomic mass is 16.5. The Morgan fingerprint density at radius 2 is 1.73 bits per heavy atom. The van der Waals surface area contributed by atoms with Gasteiger partial charge in [0, 0.05) is 19.0 Å². The van der Waals surface area contributed by atoms with Crippen LogP contribution in [0, 0.1) is 11.8 Å². The van der Waals surface area contributed by atoms with E-state index in [4.69, 9.17) is 4.74 Å². The minimum Gasteiger partial charge on any atom is -0.480 e. The summed E-state index contributed by atoms with van der Waals surface area (Å²) in [4.78, 5) is 51.4. The van der Waals surface area contributed by atoms with Crippen LogP contribution >= 0.6 is 0 Å². The number of carboxylic acids is 1. The number of rotatable bonds is 4. The predicted octanol–water partition coefficient (Wildman–Crippen LogP) is 2.03. The maximum Gasteiger partial charge on any atom is 0.324 e. The number of carbonyl (C=O) groups is 4. The highest BCUT2D eigenvalue weighted by molar-refractivity contribution is 6.09. The Morgan fingerprint density at radius 3 is 2.30 bits per heavy atom. The van der Waals surface area contributed by atoms with Crippen LogP contribution in [0.25, 0.3) is 0 Å². The zero-order valence-corrected chi connectivity index (χ0v) is 17.1. The molecule has 8 nitrogen and oxygen atoms in total. The molecule has 1 aromatic carbocycles. The molecule has 1 aliphatic carbocycles. The van der Waals surface area contributed by atoms with Gasteiger partial charge in [-0.25, -0.2) is 0 Å². The van der Waals surface area contributed by atoms with Crippen LogP contribution in [0.15, 0.2) is 24.3 Å². The van der Waals surface area contributed by atoms with Crippen molar-refractivity contribution in [2.24, 2.45) is 11.8 Å². The fraction of sp³-hybridized carbons (Fsp3) is 0.545. The monoisotopic (exact) mass is 414 g/mol. The third kappa shape index (κ3) is 3.19. The van der Waals surface area contributed by atoms with Crippen molar-refractivity contribution in [3.8, 4) is 5.75 Å². The van der Waals surface area contributed by atoms with Crippen LogP contribution in [0.3, 0.4) is 0 Å². The van der Waals surface area contributed by atoms with Crippen molar-refractivity contribution in [2.75, 3.05) is 0 Å². The van der Waals surface area contributed by atoms with Crippen molar-refractivity contribution in [1.29, 1.82) is 0 Å². The Hall–Kier alpha value is -2.74. The van der Waals surface area contributed by atoms with E-state index in [1.807, 2.05) is 0 Å². The normalized spacial score (nSPS) is 31.7. The second-order valence-corrected chi connectivity index (χ2v) is 8.63. The number of benzene rings is 1. The van der Waals surface area contributed by atoms with Gasteiger partial charge in [0.05, 0.1) is 11.8 Å². The quantitative estimate of drug-likeness (QED) is 0.440. The molecular formula is C22H26N2O6. The van der Waals surface area contributed by atoms with Gasteiger partial charge < -0.3 is 9.84 Å². The summed E-state index contributed by atoms with van der Waals surface area (Å²) in [5.41, 5.74) is -0.863. The number of hydrogen-bond donors (Lipinski definition) is 2. The lowest BCUT2D eigenvalue weighted by atomic mass is 9.80. The standard InChI is InChI=1S/C22H26N2O6/c1-12(25)30-15-10-8-13(9-11-15)18-16-17(22(2,23-18)21(28)29)20(27)24(19(16)26)14-6-4-3-5-7-14/h8-11,14,16-18,23H,3-7H2,1-2H3,(H,28,29). The molecule has 2 amide bonds. The minimum absolute atomic E-state index is 0.144. The van der Waals surface area contributed by atoms with Gasteiger partial charge >= 0.3 is 11.9 Å². The number of imide groups is 1. The number of esters is 1. The first-order valence-electron chi connectivity index (χ1n) is 10.4. The molecule has 8 heteroatoms. The number of carbonyl (C=O) groups excluding carboxylic acids is 3. The van der Waals surface area contributed by atoms with Gasteiger partial charge in [0.2, 0.25) is 11.8 Å². The summed E-state index contributed by atoms with van der Waals surface area (Å²) in [5, 5.41) is 13.0. The molecule has 160 valence electrons. The second-order valence-electron chi connectivity index (χ2n) is 8.63. The first kappa shape index (κ1) is 20.5. The minimum atomic E-state index is -1.54. The molecule has 2 saturated heterocycles. The van der Waals surface area contributed by atoms with E-state index in [2.05, 4.69) is 5.32 Å². The molecule has 3 fully saturated rings. The zero-order chi connectivity index (χ0) is 21.6. The molecule has 4 unspecified atom stereocenters. The second kappa shape index (κ2) is 7.50. The largest absolute Gasteiger partial charge is 0.480 e. The van der Waals surface area contributed by atoms with Crippen LogP contribution < -0.4 is 10.1 Å². The topological polar surface area (TPSA) is 113 Å². The number of likely N-dealkylation sites (tertiary alicyclic amines) is 1. The van der Waals surface area contributed by atoms with Crippen LogP contribution in [0.4, 0.5) is 0 Å². The van der Waals surface area contributed by atoms with Gasteiger partial charge in [-0.1, -0.05) is 31.4 Å². The highest BCUT2D eigenvalue weighted by Gasteiger charge is 2.67. The van der Waals surface area contributed by atoms with Crippen LogP contribution in [-0.4, -0.2) is 45.3 Å². The third-order valence-corrected chi connectivity index (χ3v) is 6.71. The molecule has 2 heterocycles. The number of ether oxygens (including phenoxy) is 1. The summed E-state index contributed by atoms with van der Waals surface area (Å²) in [6.07, 6.45) is 4.57. The van der Waals surface area contributed by atoms with Gasteiger partial charge in [-0.15, -0.1) is 0 Å². The number of fused-ring (bicyclic) bond motifs is 1. The van der Waals surface area contributed by atoms with Gasteiger partial charge in [-0.3, -0.25) is 29.4 Å². The fourth-order valence-electron chi connectivity index (χ4n) is 5.25. The maximum atomic E-state index is 13.4. The van der Waals surface area contributed by atoms with Crippen molar-refractivity contribution >= 4 is 23.8 Å². The summed E-state index contributed by atoms with van der Waals surface area (Å²) < 4.78 is 5.05. The van der Waals surface area contributed by atoms with Crippen LogP contribution in [0.1, 0.15) is 57.6 Å². The van der Waals surface area contributed by atoms with Crippen molar-refractivity contribution in [3.05, 3.63) is 29.8 Å². The van der Waals surface area contributed by atoms with E-state index < -0.39 is 35.4 Å². The third-order valence-electron chi connectivity index (χ3n) is 6.71. The van der Waals surface area contributed by atoms with Crippen molar-refractivity contribution in [2.45, 2.75) is 63.6 Å². The molecule has 1 aromatic rings. The summed E-state index contributed by atoms with van der Waals surface area (Å²) in [6.45, 7) is 2.79. The summed E-state index contributed by atoms with van der Waals surface area (Å²) >= 11 is 0. The van der Waals surface area contributed by atoms with Crippen LogP contribution in [0.2, 0.25) is 0 Å². The number of amides is 2. The van der Waals surface area contributed by atoms with Crippen molar-refractivity contribution < 1.29 is 29.0 Å². The average molecular weight is 414 g/mol. The van der Waals surface area contributed by atoms with E-state index in [0.717, 1.165) is 32.1 Å². The molecule has 2 N–H and O–H groups in total. The summed E-state index contributed by atoms with van der Waals surface area (Å²) in [5.74, 6) is -3.64. The maximum absolute atomic E-state index is 13.4. The van der Waals surface area contributed by atoms with Gasteiger partial charge in [-0.2, -0.15) is 0 Å². The molecule has 0 radical (unpaired) electrons. The predicted molar refractivity (Wildman–Crippen MR) is 105 cm³/mol. The van der Waals surface area contributed by atoms with E-state index in [0.29, 0.717) is 11.3 Å². The lowest BCUT2D eigenvalue weighted by Gasteiger charge is -2.33. The lowest BCUT2D eigenvalue weighted by Crippen LogP contribution is -2.54. The number of hydrogen-bond acceptors (Lipinski definition) is 6. The van der Waals surface area contributed by atoms with Crippen molar-refractivity contribution in [1.82, 2.24) is 10.2 Å². The van der Waals surface area contributed by atoms with Crippen LogP contribution in [-0.2, 0) is 19.2 Å². The molecule has 1 saturated carbocycles. The molecule has 0 spiro atoms. The Bertz CT molecular complexity index is 891. The average Bonchev–Trinajstić information content (AvgIpc) is 3.17. The van der Waals surface area contributed by atoms with Gasteiger partial charge in [-0.05, 0) is 37.5 Å². The number of nitrogens with one attached hydrogen (secondary N) is 1. The molecule has 0 aromatic heterocycles. The zero-order valence-electron chi connectivity index (χ0n) is 17.1. The Kier molecular flexibility index (Phi) is 5.13. The highest BCUT2D eigenvalue weighted by Crippen LogP contribution is 2.50. The lowest BCUT2D eigenvalue weighted by molar-refractivity contribution is -0.151. The summed E-state index contributed by atoms with van der Waals surface area (Å²) in [6, 6.07) is 5.83. The smallest absolute Gasteiger partial charge is 0.324 e. The molecule has 4 atom stereocenters. The van der Waals surface area contributed by atoms with E-state index in [9.17, 15) is 24.3 Å². The number of aliphatic carboxylic acids is 1. The molecule has 4 rings (SSSR count). The van der Waals surface area contributed by atoms with E-state index in [-0.39, 0.29) is 17.9 Å². The fourth-order valence-corrected chi connectivity index (χ4v) is 5.25. The van der Waals surface area contributed by atoms with Gasteiger partial charge in [0.15, 0.2) is 0 Å². The van der Waals surface area contributed by atoms with Gasteiger partial charge in [0.25, 0.3) is 0 Å². The first-order valence-corrected chi connectivity index (χ1v) is 10.4. The van der Waals surface area contributed by atoms with Gasteiger partial charge in [0.1, 0.15) is 11.3 Å². The Morgan fingerprint density at radius 1 is 1.10 bits per heavy atom. The number of nitrogens with zero attached hydrogens (tertiary/aromatic N) is 1. The number of carboxylic acid groups (broad SMARTS) is 1. The molecule has 2 aliphatic heterocycles. The first-order chi connectivity index (χ1) is 14.2.